The van der Waals surface area contributed by atoms with Crippen LogP contribution >= 0.6 is 11.6 Å². The maximum atomic E-state index is 11.9. The van der Waals surface area contributed by atoms with E-state index in [4.69, 9.17) is 17.3 Å². The van der Waals surface area contributed by atoms with Crippen molar-refractivity contribution in [1.82, 2.24) is 19.9 Å². The number of carbonyl (C=O) groups is 1. The van der Waals surface area contributed by atoms with Gasteiger partial charge in [0.25, 0.3) is 11.1 Å². The van der Waals surface area contributed by atoms with Crippen LogP contribution < -0.4 is 27.5 Å². The molecule has 10 nitrogen and oxygen atoms in total. The molecule has 5 rings (SSSR count). The van der Waals surface area contributed by atoms with Gasteiger partial charge in [-0.25, -0.2) is 14.8 Å². The molecule has 5 aromatic rings. The zero-order chi connectivity index (χ0) is 24.1. The number of halogens is 1. The van der Waals surface area contributed by atoms with Gasteiger partial charge in [-0.1, -0.05) is 11.6 Å². The summed E-state index contributed by atoms with van der Waals surface area (Å²) in [5.41, 5.74) is 8.07. The van der Waals surface area contributed by atoms with Crippen LogP contribution in [0.4, 0.5) is 21.9 Å². The summed E-state index contributed by atoms with van der Waals surface area (Å²) in [6.07, 6.45) is 2.69. The van der Waals surface area contributed by atoms with Crippen LogP contribution in [0.2, 0.25) is 5.02 Å². The predicted molar refractivity (Wildman–Crippen MR) is 133 cm³/mol. The number of hydrogen-bond donors (Lipinski definition) is 5. The second-order valence-corrected chi connectivity index (χ2v) is 7.49. The summed E-state index contributed by atoms with van der Waals surface area (Å²) in [7, 11) is 0. The molecule has 2 heterocycles. The van der Waals surface area contributed by atoms with Crippen LogP contribution in [0.3, 0.4) is 0 Å². The van der Waals surface area contributed by atoms with Crippen LogP contribution in [0.5, 0.6) is 0 Å². The molecule has 0 radical (unpaired) electrons. The fourth-order valence-electron chi connectivity index (χ4n) is 3.06. The van der Waals surface area contributed by atoms with Crippen molar-refractivity contribution in [2.24, 2.45) is 0 Å². The van der Waals surface area contributed by atoms with Gasteiger partial charge in [0.05, 0.1) is 34.5 Å². The van der Waals surface area contributed by atoms with Gasteiger partial charge >= 0.3 is 6.03 Å². The molecule has 0 aliphatic carbocycles. The molecule has 3 aromatic carbocycles. The molecule has 0 aliphatic rings. The number of urea groups is 1. The van der Waals surface area contributed by atoms with Gasteiger partial charge < -0.3 is 26.3 Å². The minimum Gasteiger partial charge on any atom is -0.399 e. The maximum Gasteiger partial charge on any atom is 0.323 e. The number of carbonyl (C=O) groups excluding carboxylic acids is 1. The highest BCUT2D eigenvalue weighted by Crippen LogP contribution is 2.16. The highest BCUT2D eigenvalue weighted by molar-refractivity contribution is 6.30. The van der Waals surface area contributed by atoms with E-state index in [-0.39, 0.29) is 11.1 Å². The number of nitrogens with zero attached hydrogens (tertiary/aromatic N) is 2. The molecule has 34 heavy (non-hydrogen) atoms. The van der Waals surface area contributed by atoms with E-state index in [1.54, 1.807) is 60.7 Å². The van der Waals surface area contributed by atoms with E-state index < -0.39 is 6.03 Å². The first kappa shape index (κ1) is 22.5. The number of benzene rings is 3. The smallest absolute Gasteiger partial charge is 0.323 e. The van der Waals surface area contributed by atoms with Gasteiger partial charge in [0.2, 0.25) is 0 Å². The number of aromatic amines is 2. The predicted octanol–water partition coefficient (Wildman–Crippen LogP) is 3.73. The van der Waals surface area contributed by atoms with Crippen LogP contribution in [0.1, 0.15) is 0 Å². The lowest BCUT2D eigenvalue weighted by Crippen LogP contribution is -2.19. The van der Waals surface area contributed by atoms with E-state index in [0.717, 1.165) is 0 Å². The largest absolute Gasteiger partial charge is 0.399 e. The Kier molecular flexibility index (Phi) is 6.51. The number of anilines is 3. The average molecular weight is 476 g/mol. The van der Waals surface area contributed by atoms with Crippen LogP contribution in [0.25, 0.3) is 21.8 Å². The molecule has 2 amide bonds. The molecule has 0 saturated carbocycles. The van der Waals surface area contributed by atoms with Crippen molar-refractivity contribution < 1.29 is 4.79 Å². The Balaban J connectivity index is 0.000000192. The van der Waals surface area contributed by atoms with Crippen molar-refractivity contribution in [2.45, 2.75) is 0 Å². The van der Waals surface area contributed by atoms with Crippen molar-refractivity contribution in [1.29, 1.82) is 0 Å². The molecule has 170 valence electrons. The molecule has 0 atom stereocenters. The number of fused-ring (bicyclic) bond motifs is 2. The zero-order valence-electron chi connectivity index (χ0n) is 17.5. The molecule has 0 aliphatic heterocycles. The van der Waals surface area contributed by atoms with Crippen molar-refractivity contribution in [3.8, 4) is 0 Å². The number of amides is 2. The van der Waals surface area contributed by atoms with E-state index in [9.17, 15) is 14.4 Å². The summed E-state index contributed by atoms with van der Waals surface area (Å²) in [4.78, 5) is 47.7. The fourth-order valence-corrected chi connectivity index (χ4v) is 3.18. The second-order valence-electron chi connectivity index (χ2n) is 7.06. The monoisotopic (exact) mass is 475 g/mol. The number of nitrogens with one attached hydrogen (secondary N) is 4. The van der Waals surface area contributed by atoms with Gasteiger partial charge in [-0.2, -0.15) is 0 Å². The maximum absolute atomic E-state index is 11.9. The minimum atomic E-state index is -0.397. The molecular formula is C23H18ClN7O3. The molecular weight excluding hydrogens is 458 g/mol. The fraction of sp³-hybridized carbons (Fsp3) is 0. The van der Waals surface area contributed by atoms with Crippen molar-refractivity contribution >= 4 is 56.5 Å². The topological polar surface area (TPSA) is 159 Å². The number of nitrogen functional groups attached to an aromatic ring is 1. The summed E-state index contributed by atoms with van der Waals surface area (Å²) < 4.78 is 0. The lowest BCUT2D eigenvalue weighted by molar-refractivity contribution is 0.262. The van der Waals surface area contributed by atoms with Gasteiger partial charge in [0.15, 0.2) is 0 Å². The molecule has 0 fully saturated rings. The van der Waals surface area contributed by atoms with Gasteiger partial charge in [-0.3, -0.25) is 9.59 Å². The molecule has 11 heteroatoms. The van der Waals surface area contributed by atoms with Gasteiger partial charge in [0, 0.05) is 22.1 Å². The average Bonchev–Trinajstić information content (AvgIpc) is 2.81. The Morgan fingerprint density at radius 1 is 0.765 bits per heavy atom. The Labute approximate surface area is 196 Å². The van der Waals surface area contributed by atoms with Crippen LogP contribution in [-0.2, 0) is 0 Å². The first-order valence-corrected chi connectivity index (χ1v) is 10.3. The Bertz CT molecular complexity index is 1600. The first-order valence-electron chi connectivity index (χ1n) is 9.93. The van der Waals surface area contributed by atoms with Gasteiger partial charge in [0.1, 0.15) is 0 Å². The van der Waals surface area contributed by atoms with Gasteiger partial charge in [-0.15, -0.1) is 0 Å². The minimum absolute atomic E-state index is 0.139. The quantitative estimate of drug-likeness (QED) is 0.245. The number of hydrogen-bond acceptors (Lipinski definition) is 6. The highest BCUT2D eigenvalue weighted by atomic mass is 35.5. The first-order chi connectivity index (χ1) is 16.4. The molecule has 0 bridgehead atoms. The summed E-state index contributed by atoms with van der Waals surface area (Å²) in [6, 6.07) is 16.3. The van der Waals surface area contributed by atoms with Crippen molar-refractivity contribution in [2.75, 3.05) is 16.4 Å². The van der Waals surface area contributed by atoms with Crippen LogP contribution in [0.15, 0.2) is 82.9 Å². The van der Waals surface area contributed by atoms with Gasteiger partial charge in [-0.05, 0) is 60.7 Å². The number of nitrogens with two attached hydrogens (primary N) is 1. The number of aromatic nitrogens is 4. The normalized spacial score (nSPS) is 10.4. The van der Waals surface area contributed by atoms with E-state index in [1.807, 2.05) is 0 Å². The molecule has 0 saturated heterocycles. The standard InChI is InChI=1S/C15H11ClN4O2.C8H7N3O/c16-9-1-3-10(4-2-9)19-15(22)20-11-5-6-12-13(7-11)17-8-18-14(12)21;9-5-1-2-6-7(3-5)10-4-11-8(6)12/h1-8H,(H,17,18,21)(H2,19,20,22);1-4H,9H2,(H,10,11,12). The Hall–Kier alpha value is -4.70. The summed E-state index contributed by atoms with van der Waals surface area (Å²) in [5, 5.41) is 6.98. The summed E-state index contributed by atoms with van der Waals surface area (Å²) >= 11 is 5.78. The highest BCUT2D eigenvalue weighted by Gasteiger charge is 2.05. The lowest BCUT2D eigenvalue weighted by Gasteiger charge is -2.08. The SMILES string of the molecule is Nc1ccc2c(=O)[nH]cnc2c1.O=C(Nc1ccc(Cl)cc1)Nc1ccc2c(=O)[nH]cnc2c1. The van der Waals surface area contributed by atoms with Crippen LogP contribution in [-0.4, -0.2) is 26.0 Å². The van der Waals surface area contributed by atoms with E-state index >= 15 is 0 Å². The third-order valence-corrected chi connectivity index (χ3v) is 4.92. The van der Waals surface area contributed by atoms with E-state index in [2.05, 4.69) is 30.6 Å². The Morgan fingerprint density at radius 2 is 1.29 bits per heavy atom. The third-order valence-electron chi connectivity index (χ3n) is 4.67. The number of H-pyrrole nitrogens is 2. The third kappa shape index (κ3) is 5.37. The Morgan fingerprint density at radius 3 is 1.94 bits per heavy atom. The van der Waals surface area contributed by atoms with E-state index in [1.165, 1.54) is 12.7 Å². The summed E-state index contributed by atoms with van der Waals surface area (Å²) in [5.74, 6) is 0. The van der Waals surface area contributed by atoms with Crippen molar-refractivity contribution in [3.63, 3.8) is 0 Å². The van der Waals surface area contributed by atoms with E-state index in [0.29, 0.717) is 43.9 Å². The number of rotatable bonds is 2. The second kappa shape index (κ2) is 9.84. The zero-order valence-corrected chi connectivity index (χ0v) is 18.3. The van der Waals surface area contributed by atoms with Crippen molar-refractivity contribution in [3.05, 3.63) is 99.0 Å². The summed E-state index contributed by atoms with van der Waals surface area (Å²) in [6.45, 7) is 0. The molecule has 0 spiro atoms. The lowest BCUT2D eigenvalue weighted by atomic mass is 10.2. The molecule has 2 aromatic heterocycles. The van der Waals surface area contributed by atoms with Crippen LogP contribution in [0, 0.1) is 0 Å². The molecule has 6 N–H and O–H groups in total. The molecule has 0 unspecified atom stereocenters.